The molecule has 1 N–H and O–H groups in total. The van der Waals surface area contributed by atoms with Gasteiger partial charge in [-0.2, -0.15) is 5.26 Å². The standard InChI is InChI=1S/C14H19ClN2O2S/c1-4-12(5-2)10(3)17-20(18,19)14-8-11(9-16)6-7-13(14)15/h6-8,10,12,17H,4-5H2,1-3H3. The number of rotatable bonds is 6. The van der Waals surface area contributed by atoms with Crippen LogP contribution in [0.15, 0.2) is 23.1 Å². The zero-order valence-corrected chi connectivity index (χ0v) is 13.4. The van der Waals surface area contributed by atoms with E-state index in [1.54, 1.807) is 0 Å². The van der Waals surface area contributed by atoms with Crippen molar-refractivity contribution in [3.05, 3.63) is 28.8 Å². The molecule has 110 valence electrons. The Morgan fingerprint density at radius 3 is 2.45 bits per heavy atom. The topological polar surface area (TPSA) is 70.0 Å². The highest BCUT2D eigenvalue weighted by Gasteiger charge is 2.24. The van der Waals surface area contributed by atoms with E-state index >= 15 is 0 Å². The molecule has 1 rings (SSSR count). The van der Waals surface area contributed by atoms with Gasteiger partial charge < -0.3 is 0 Å². The number of hydrogen-bond acceptors (Lipinski definition) is 3. The molecular formula is C14H19ClN2O2S. The molecule has 20 heavy (non-hydrogen) atoms. The monoisotopic (exact) mass is 314 g/mol. The highest BCUT2D eigenvalue weighted by atomic mass is 35.5. The Hall–Kier alpha value is -1.09. The van der Waals surface area contributed by atoms with Crippen LogP contribution in [-0.4, -0.2) is 14.5 Å². The first-order chi connectivity index (χ1) is 9.35. The number of nitrogens with zero attached hydrogens (tertiary/aromatic N) is 1. The van der Waals surface area contributed by atoms with E-state index in [1.165, 1.54) is 18.2 Å². The summed E-state index contributed by atoms with van der Waals surface area (Å²) in [5.74, 6) is 0.266. The maximum atomic E-state index is 12.4. The summed E-state index contributed by atoms with van der Waals surface area (Å²) < 4.78 is 27.4. The van der Waals surface area contributed by atoms with E-state index in [0.717, 1.165) is 12.8 Å². The lowest BCUT2D eigenvalue weighted by molar-refractivity contribution is 0.391. The molecule has 0 saturated carbocycles. The molecule has 0 spiro atoms. The van der Waals surface area contributed by atoms with Crippen LogP contribution in [0.3, 0.4) is 0 Å². The van der Waals surface area contributed by atoms with Crippen LogP contribution >= 0.6 is 11.6 Å². The summed E-state index contributed by atoms with van der Waals surface area (Å²) in [7, 11) is -3.72. The normalized spacial score (nSPS) is 13.2. The highest BCUT2D eigenvalue weighted by molar-refractivity contribution is 7.89. The van der Waals surface area contributed by atoms with E-state index in [9.17, 15) is 8.42 Å². The lowest BCUT2D eigenvalue weighted by Gasteiger charge is -2.22. The van der Waals surface area contributed by atoms with Gasteiger partial charge in [-0.25, -0.2) is 13.1 Å². The molecule has 1 aromatic carbocycles. The molecule has 0 aliphatic rings. The molecule has 1 atom stereocenters. The molecule has 0 aliphatic carbocycles. The van der Waals surface area contributed by atoms with Crippen molar-refractivity contribution in [2.24, 2.45) is 5.92 Å². The molecule has 0 fully saturated rings. The molecule has 0 radical (unpaired) electrons. The summed E-state index contributed by atoms with van der Waals surface area (Å²) in [5, 5.41) is 8.98. The fourth-order valence-electron chi connectivity index (χ4n) is 2.18. The van der Waals surface area contributed by atoms with Gasteiger partial charge in [0.05, 0.1) is 16.7 Å². The molecule has 0 aliphatic heterocycles. The first-order valence-electron chi connectivity index (χ1n) is 6.57. The quantitative estimate of drug-likeness (QED) is 0.875. The molecule has 1 unspecified atom stereocenters. The van der Waals surface area contributed by atoms with E-state index in [4.69, 9.17) is 16.9 Å². The van der Waals surface area contributed by atoms with Gasteiger partial charge >= 0.3 is 0 Å². The molecule has 0 bridgehead atoms. The van der Waals surface area contributed by atoms with Crippen molar-refractivity contribution in [3.63, 3.8) is 0 Å². The molecule has 4 nitrogen and oxygen atoms in total. The van der Waals surface area contributed by atoms with Crippen LogP contribution in [-0.2, 0) is 10.0 Å². The minimum absolute atomic E-state index is 0.0453. The first kappa shape index (κ1) is 17.0. The van der Waals surface area contributed by atoms with Gasteiger partial charge in [0.25, 0.3) is 0 Å². The average Bonchev–Trinajstić information content (AvgIpc) is 2.39. The van der Waals surface area contributed by atoms with Crippen molar-refractivity contribution >= 4 is 21.6 Å². The number of nitrogens with one attached hydrogen (secondary N) is 1. The summed E-state index contributed by atoms with van der Waals surface area (Å²) in [6.45, 7) is 5.90. The van der Waals surface area contributed by atoms with Crippen molar-refractivity contribution < 1.29 is 8.42 Å². The zero-order valence-electron chi connectivity index (χ0n) is 11.9. The minimum Gasteiger partial charge on any atom is -0.208 e. The predicted molar refractivity (Wildman–Crippen MR) is 80.0 cm³/mol. The Bertz CT molecular complexity index is 604. The first-order valence-corrected chi connectivity index (χ1v) is 8.43. The highest BCUT2D eigenvalue weighted by Crippen LogP contribution is 2.24. The summed E-state index contributed by atoms with van der Waals surface area (Å²) in [6, 6.07) is 5.95. The second-order valence-corrected chi connectivity index (χ2v) is 6.83. The molecule has 0 heterocycles. The molecule has 0 saturated heterocycles. The zero-order chi connectivity index (χ0) is 15.3. The van der Waals surface area contributed by atoms with Crippen LogP contribution in [0.1, 0.15) is 39.2 Å². The van der Waals surface area contributed by atoms with Gasteiger partial charge in [-0.1, -0.05) is 38.3 Å². The largest absolute Gasteiger partial charge is 0.242 e. The Balaban J connectivity index is 3.09. The van der Waals surface area contributed by atoms with Crippen molar-refractivity contribution in [2.75, 3.05) is 0 Å². The minimum atomic E-state index is -3.72. The van der Waals surface area contributed by atoms with Crippen molar-refractivity contribution in [1.82, 2.24) is 4.72 Å². The summed E-state index contributed by atoms with van der Waals surface area (Å²) >= 11 is 5.94. The molecular weight excluding hydrogens is 296 g/mol. The SMILES string of the molecule is CCC(CC)C(C)NS(=O)(=O)c1cc(C#N)ccc1Cl. The predicted octanol–water partition coefficient (Wildman–Crippen LogP) is 3.31. The van der Waals surface area contributed by atoms with Crippen LogP contribution in [0.2, 0.25) is 5.02 Å². The summed E-state index contributed by atoms with van der Waals surface area (Å²) in [4.78, 5) is -0.0453. The van der Waals surface area contributed by atoms with Gasteiger partial charge in [0.15, 0.2) is 0 Å². The Morgan fingerprint density at radius 1 is 1.35 bits per heavy atom. The van der Waals surface area contributed by atoms with E-state index < -0.39 is 10.0 Å². The van der Waals surface area contributed by atoms with Crippen molar-refractivity contribution in [3.8, 4) is 6.07 Å². The van der Waals surface area contributed by atoms with E-state index in [1.807, 2.05) is 26.8 Å². The van der Waals surface area contributed by atoms with Gasteiger partial charge in [-0.15, -0.1) is 0 Å². The van der Waals surface area contributed by atoms with Crippen LogP contribution in [0.4, 0.5) is 0 Å². The van der Waals surface area contributed by atoms with Gasteiger partial charge in [0, 0.05) is 6.04 Å². The Labute approximate surface area is 125 Å². The molecule has 6 heteroatoms. The third-order valence-corrected chi connectivity index (χ3v) is 5.49. The van der Waals surface area contributed by atoms with E-state index in [-0.39, 0.29) is 27.4 Å². The van der Waals surface area contributed by atoms with Gasteiger partial charge in [-0.3, -0.25) is 0 Å². The number of hydrogen-bond donors (Lipinski definition) is 1. The van der Waals surface area contributed by atoms with Crippen molar-refractivity contribution in [1.29, 1.82) is 5.26 Å². The van der Waals surface area contributed by atoms with E-state index in [2.05, 4.69) is 4.72 Å². The maximum absolute atomic E-state index is 12.4. The van der Waals surface area contributed by atoms with Crippen LogP contribution in [0.5, 0.6) is 0 Å². The molecule has 1 aromatic rings. The number of nitriles is 1. The fourth-order valence-corrected chi connectivity index (χ4v) is 4.02. The Morgan fingerprint density at radius 2 is 1.95 bits per heavy atom. The maximum Gasteiger partial charge on any atom is 0.242 e. The third-order valence-electron chi connectivity index (χ3n) is 3.45. The van der Waals surface area contributed by atoms with Gasteiger partial charge in [-0.05, 0) is 31.0 Å². The molecule has 0 amide bonds. The van der Waals surface area contributed by atoms with Crippen LogP contribution < -0.4 is 4.72 Å². The van der Waals surface area contributed by atoms with Gasteiger partial charge in [0.2, 0.25) is 10.0 Å². The number of halogens is 1. The number of sulfonamides is 1. The average molecular weight is 315 g/mol. The second kappa shape index (κ2) is 7.07. The van der Waals surface area contributed by atoms with Gasteiger partial charge in [0.1, 0.15) is 4.90 Å². The lowest BCUT2D eigenvalue weighted by Crippen LogP contribution is -2.37. The molecule has 0 aromatic heterocycles. The van der Waals surface area contributed by atoms with Crippen LogP contribution in [0, 0.1) is 17.2 Å². The van der Waals surface area contributed by atoms with Crippen LogP contribution in [0.25, 0.3) is 0 Å². The van der Waals surface area contributed by atoms with E-state index in [0.29, 0.717) is 0 Å². The summed E-state index contributed by atoms with van der Waals surface area (Å²) in [5.41, 5.74) is 0.268. The third kappa shape index (κ3) is 3.95. The fraction of sp³-hybridized carbons (Fsp3) is 0.500. The summed E-state index contributed by atoms with van der Waals surface area (Å²) in [6.07, 6.45) is 1.79. The number of benzene rings is 1. The second-order valence-electron chi connectivity index (χ2n) is 4.74. The lowest BCUT2D eigenvalue weighted by atomic mass is 9.96. The van der Waals surface area contributed by atoms with Crippen molar-refractivity contribution in [2.45, 2.75) is 44.6 Å². The smallest absolute Gasteiger partial charge is 0.208 e. The Kier molecular flexibility index (Phi) is 6.00.